The van der Waals surface area contributed by atoms with Gasteiger partial charge in [-0.05, 0) is 41.5 Å². The van der Waals surface area contributed by atoms with Gasteiger partial charge in [0, 0.05) is 17.5 Å². The first-order valence-corrected chi connectivity index (χ1v) is 10.0. The molecular weight excluding hydrogens is 358 g/mol. The molecule has 138 valence electrons. The van der Waals surface area contributed by atoms with Crippen molar-refractivity contribution in [1.82, 2.24) is 14.7 Å². The van der Waals surface area contributed by atoms with Crippen molar-refractivity contribution in [2.45, 2.75) is 32.4 Å². The number of hydrogen-bond donors (Lipinski definition) is 0. The fourth-order valence-corrected chi connectivity index (χ4v) is 4.59. The molecule has 0 radical (unpaired) electrons. The van der Waals surface area contributed by atoms with Crippen LogP contribution in [0.2, 0.25) is 0 Å². The van der Waals surface area contributed by atoms with Crippen molar-refractivity contribution in [2.75, 3.05) is 6.54 Å². The predicted molar refractivity (Wildman–Crippen MR) is 106 cm³/mol. The number of carbonyl (C=O) groups excluding carboxylic acids is 1. The number of fused-ring (bicyclic) bond motifs is 1. The molecule has 0 fully saturated rings. The maximum atomic E-state index is 13.2. The average molecular weight is 379 g/mol. The molecule has 4 rings (SSSR count). The molecule has 3 aromatic rings. The van der Waals surface area contributed by atoms with Crippen LogP contribution in [0.4, 0.5) is 0 Å². The van der Waals surface area contributed by atoms with Crippen LogP contribution in [0.3, 0.4) is 0 Å². The van der Waals surface area contributed by atoms with E-state index < -0.39 is 0 Å². The summed E-state index contributed by atoms with van der Waals surface area (Å²) in [5.74, 6) is -0.111. The minimum atomic E-state index is -0.207. The van der Waals surface area contributed by atoms with Crippen molar-refractivity contribution in [3.63, 3.8) is 0 Å². The SMILES string of the molecule is CCC1c2ccsc2CCN1C(=O)c1ccc(=O)n(Cc2ccccc2)n1. The van der Waals surface area contributed by atoms with E-state index in [0.29, 0.717) is 18.8 Å². The molecule has 0 saturated carbocycles. The molecule has 0 N–H and O–H groups in total. The molecule has 1 aliphatic rings. The number of hydrogen-bond acceptors (Lipinski definition) is 4. The Hall–Kier alpha value is -2.73. The Morgan fingerprint density at radius 1 is 1.19 bits per heavy atom. The van der Waals surface area contributed by atoms with Crippen molar-refractivity contribution in [3.05, 3.63) is 86.0 Å². The number of aromatic nitrogens is 2. The van der Waals surface area contributed by atoms with E-state index in [0.717, 1.165) is 18.4 Å². The number of thiophene rings is 1. The van der Waals surface area contributed by atoms with Gasteiger partial charge in [0.05, 0.1) is 12.6 Å². The molecule has 0 aliphatic carbocycles. The third kappa shape index (κ3) is 3.45. The number of nitrogens with zero attached hydrogens (tertiary/aromatic N) is 3. The zero-order valence-electron chi connectivity index (χ0n) is 15.2. The molecule has 3 heterocycles. The summed E-state index contributed by atoms with van der Waals surface area (Å²) in [5.41, 5.74) is 2.34. The topological polar surface area (TPSA) is 55.2 Å². The number of carbonyl (C=O) groups is 1. The predicted octanol–water partition coefficient (Wildman–Crippen LogP) is 3.50. The van der Waals surface area contributed by atoms with E-state index in [1.165, 1.54) is 21.2 Å². The van der Waals surface area contributed by atoms with Gasteiger partial charge in [-0.15, -0.1) is 11.3 Å². The first-order valence-electron chi connectivity index (χ1n) is 9.16. The minimum absolute atomic E-state index is 0.0730. The van der Waals surface area contributed by atoms with Crippen LogP contribution in [-0.4, -0.2) is 27.1 Å². The monoisotopic (exact) mass is 379 g/mol. The van der Waals surface area contributed by atoms with E-state index >= 15 is 0 Å². The van der Waals surface area contributed by atoms with E-state index in [2.05, 4.69) is 23.5 Å². The van der Waals surface area contributed by atoms with E-state index in [1.807, 2.05) is 35.2 Å². The van der Waals surface area contributed by atoms with E-state index in [1.54, 1.807) is 17.4 Å². The Bertz CT molecular complexity index is 1010. The van der Waals surface area contributed by atoms with Gasteiger partial charge in [-0.25, -0.2) is 4.68 Å². The lowest BCUT2D eigenvalue weighted by Gasteiger charge is -2.35. The van der Waals surface area contributed by atoms with Gasteiger partial charge in [0.25, 0.3) is 11.5 Å². The molecule has 6 heteroatoms. The van der Waals surface area contributed by atoms with Gasteiger partial charge in [0.1, 0.15) is 5.69 Å². The maximum absolute atomic E-state index is 13.2. The highest BCUT2D eigenvalue weighted by atomic mass is 32.1. The lowest BCUT2D eigenvalue weighted by Crippen LogP contribution is -2.40. The second-order valence-electron chi connectivity index (χ2n) is 6.67. The highest BCUT2D eigenvalue weighted by molar-refractivity contribution is 7.10. The number of amides is 1. The first-order chi connectivity index (χ1) is 13.2. The Labute approximate surface area is 161 Å². The molecular formula is C21H21N3O2S. The normalized spacial score (nSPS) is 16.2. The van der Waals surface area contributed by atoms with Crippen LogP contribution in [0.25, 0.3) is 0 Å². The van der Waals surface area contributed by atoms with Crippen molar-refractivity contribution in [2.24, 2.45) is 0 Å². The van der Waals surface area contributed by atoms with Crippen LogP contribution in [0.5, 0.6) is 0 Å². The molecule has 1 aliphatic heterocycles. The second-order valence-corrected chi connectivity index (χ2v) is 7.67. The van der Waals surface area contributed by atoms with Crippen LogP contribution >= 0.6 is 11.3 Å². The molecule has 2 aromatic heterocycles. The average Bonchev–Trinajstić information content (AvgIpc) is 3.18. The first kappa shape index (κ1) is 17.7. The third-order valence-electron chi connectivity index (χ3n) is 5.00. The quantitative estimate of drug-likeness (QED) is 0.697. The van der Waals surface area contributed by atoms with Crippen molar-refractivity contribution < 1.29 is 4.79 Å². The van der Waals surface area contributed by atoms with Gasteiger partial charge in [-0.1, -0.05) is 37.3 Å². The van der Waals surface area contributed by atoms with E-state index in [4.69, 9.17) is 0 Å². The molecule has 27 heavy (non-hydrogen) atoms. The molecule has 5 nitrogen and oxygen atoms in total. The fraction of sp³-hybridized carbons (Fsp3) is 0.286. The zero-order valence-corrected chi connectivity index (χ0v) is 16.0. The Morgan fingerprint density at radius 2 is 2.00 bits per heavy atom. The third-order valence-corrected chi connectivity index (χ3v) is 6.00. The van der Waals surface area contributed by atoms with Gasteiger partial charge in [0.2, 0.25) is 0 Å². The summed E-state index contributed by atoms with van der Waals surface area (Å²) in [4.78, 5) is 28.6. The Balaban J connectivity index is 1.62. The fourth-order valence-electron chi connectivity index (χ4n) is 3.66. The molecule has 0 saturated heterocycles. The van der Waals surface area contributed by atoms with Gasteiger partial charge in [-0.2, -0.15) is 5.10 Å². The highest BCUT2D eigenvalue weighted by Crippen LogP contribution is 2.35. The van der Waals surface area contributed by atoms with Gasteiger partial charge in [0.15, 0.2) is 0 Å². The van der Waals surface area contributed by atoms with Gasteiger partial charge < -0.3 is 4.90 Å². The number of rotatable bonds is 4. The summed E-state index contributed by atoms with van der Waals surface area (Å²) in [6.45, 7) is 3.14. The summed E-state index contributed by atoms with van der Waals surface area (Å²) in [6, 6.07) is 14.8. The Kier molecular flexibility index (Phi) is 4.90. The molecule has 1 unspecified atom stereocenters. The van der Waals surface area contributed by atoms with Gasteiger partial charge >= 0.3 is 0 Å². The van der Waals surface area contributed by atoms with Crippen LogP contribution in [0.1, 0.15) is 45.9 Å². The summed E-state index contributed by atoms with van der Waals surface area (Å²) in [6.07, 6.45) is 1.73. The summed E-state index contributed by atoms with van der Waals surface area (Å²) >= 11 is 1.76. The van der Waals surface area contributed by atoms with E-state index in [-0.39, 0.29) is 17.5 Å². The maximum Gasteiger partial charge on any atom is 0.274 e. The number of benzene rings is 1. The summed E-state index contributed by atoms with van der Waals surface area (Å²) in [5, 5.41) is 6.47. The molecule has 1 aromatic carbocycles. The molecule has 0 spiro atoms. The van der Waals surface area contributed by atoms with Crippen LogP contribution in [-0.2, 0) is 13.0 Å². The van der Waals surface area contributed by atoms with E-state index in [9.17, 15) is 9.59 Å². The highest BCUT2D eigenvalue weighted by Gasteiger charge is 2.31. The molecule has 1 atom stereocenters. The van der Waals surface area contributed by atoms with Crippen molar-refractivity contribution >= 4 is 17.2 Å². The van der Waals surface area contributed by atoms with Gasteiger partial charge in [-0.3, -0.25) is 9.59 Å². The smallest absolute Gasteiger partial charge is 0.274 e. The molecule has 1 amide bonds. The minimum Gasteiger partial charge on any atom is -0.330 e. The van der Waals surface area contributed by atoms with Crippen molar-refractivity contribution in [3.8, 4) is 0 Å². The molecule has 0 bridgehead atoms. The summed E-state index contributed by atoms with van der Waals surface area (Å²) in [7, 11) is 0. The lowest BCUT2D eigenvalue weighted by molar-refractivity contribution is 0.0648. The standard InChI is InChI=1S/C21H21N3O2S/c1-2-18-16-11-13-27-19(16)10-12-23(18)21(26)17-8-9-20(25)24(22-17)14-15-6-4-3-5-7-15/h3-9,11,13,18H,2,10,12,14H2,1H3. The van der Waals surface area contributed by atoms with Crippen LogP contribution in [0, 0.1) is 0 Å². The Morgan fingerprint density at radius 3 is 2.78 bits per heavy atom. The second kappa shape index (κ2) is 7.48. The largest absolute Gasteiger partial charge is 0.330 e. The van der Waals surface area contributed by atoms with Crippen LogP contribution < -0.4 is 5.56 Å². The summed E-state index contributed by atoms with van der Waals surface area (Å²) < 4.78 is 1.36. The zero-order chi connectivity index (χ0) is 18.8. The van der Waals surface area contributed by atoms with Crippen LogP contribution in [0.15, 0.2) is 58.7 Å². The van der Waals surface area contributed by atoms with Crippen molar-refractivity contribution in [1.29, 1.82) is 0 Å². The lowest BCUT2D eigenvalue weighted by atomic mass is 9.97.